The standard InChI is InChI=1S/C21H27FN2/c1-16-8-4-6-10-18(16)20-21(19-11-7-5-9-17(19)2)24(22)14-12-23(20,3)13-15-24/h4-11,20-21H,12-15H2,1-3H3/q+2. The second-order valence-corrected chi connectivity index (χ2v) is 7.90. The van der Waals surface area contributed by atoms with Crippen molar-refractivity contribution < 1.29 is 13.7 Å². The first-order valence-electron chi connectivity index (χ1n) is 8.96. The number of hydrogen-bond donors (Lipinski definition) is 0. The van der Waals surface area contributed by atoms with Gasteiger partial charge in [0.25, 0.3) is 0 Å². The number of piperazine rings is 3. The van der Waals surface area contributed by atoms with Crippen LogP contribution in [-0.2, 0) is 0 Å². The average molecular weight is 326 g/mol. The number of nitrogens with zero attached hydrogens (tertiary/aromatic N) is 2. The van der Waals surface area contributed by atoms with Crippen molar-refractivity contribution in [2.75, 3.05) is 33.2 Å². The lowest BCUT2D eigenvalue weighted by Crippen LogP contribution is -2.72. The van der Waals surface area contributed by atoms with E-state index < -0.39 is 0 Å². The molecule has 2 bridgehead atoms. The van der Waals surface area contributed by atoms with Gasteiger partial charge in [0.05, 0.1) is 7.05 Å². The van der Waals surface area contributed by atoms with Crippen molar-refractivity contribution >= 4 is 0 Å². The van der Waals surface area contributed by atoms with E-state index in [4.69, 9.17) is 0 Å². The molecule has 3 aliphatic heterocycles. The minimum atomic E-state index is -0.308. The lowest BCUT2D eigenvalue weighted by molar-refractivity contribution is -1.18. The summed E-state index contributed by atoms with van der Waals surface area (Å²) < 4.78 is 16.7. The van der Waals surface area contributed by atoms with Crippen LogP contribution in [0.25, 0.3) is 0 Å². The van der Waals surface area contributed by atoms with Crippen LogP contribution in [-0.4, -0.2) is 42.4 Å². The Morgan fingerprint density at radius 2 is 1.21 bits per heavy atom. The van der Waals surface area contributed by atoms with Crippen LogP contribution in [0.3, 0.4) is 0 Å². The van der Waals surface area contributed by atoms with Crippen molar-refractivity contribution in [1.29, 1.82) is 0 Å². The van der Waals surface area contributed by atoms with Gasteiger partial charge in [-0.3, -0.25) is 0 Å². The monoisotopic (exact) mass is 326 g/mol. The van der Waals surface area contributed by atoms with E-state index in [9.17, 15) is 0 Å². The fourth-order valence-corrected chi connectivity index (χ4v) is 4.93. The summed E-state index contributed by atoms with van der Waals surface area (Å²) in [6.45, 7) is 7.36. The van der Waals surface area contributed by atoms with Crippen molar-refractivity contribution in [2.45, 2.75) is 25.9 Å². The Balaban J connectivity index is 1.93. The molecule has 3 heteroatoms. The molecule has 3 saturated heterocycles. The summed E-state index contributed by atoms with van der Waals surface area (Å²) in [5.74, 6) is 0. The van der Waals surface area contributed by atoms with Crippen LogP contribution in [0.5, 0.6) is 0 Å². The van der Waals surface area contributed by atoms with E-state index in [1.807, 2.05) is 0 Å². The molecular weight excluding hydrogens is 299 g/mol. The van der Waals surface area contributed by atoms with Crippen molar-refractivity contribution in [1.82, 2.24) is 0 Å². The molecule has 2 atom stereocenters. The number of hydrogen-bond acceptors (Lipinski definition) is 0. The number of quaternary nitrogens is 2. The Labute approximate surface area is 144 Å². The molecule has 0 aromatic heterocycles. The van der Waals surface area contributed by atoms with Crippen molar-refractivity contribution in [2.24, 2.45) is 0 Å². The van der Waals surface area contributed by atoms with Gasteiger partial charge in [-0.05, 0) is 29.5 Å². The molecule has 2 nitrogen and oxygen atoms in total. The largest absolute Gasteiger partial charge is 0.305 e. The lowest BCUT2D eigenvalue weighted by Gasteiger charge is -2.57. The molecule has 0 aliphatic carbocycles. The van der Waals surface area contributed by atoms with E-state index in [-0.39, 0.29) is 16.8 Å². The van der Waals surface area contributed by atoms with E-state index >= 15 is 4.48 Å². The molecule has 24 heavy (non-hydrogen) atoms. The Kier molecular flexibility index (Phi) is 3.55. The quantitative estimate of drug-likeness (QED) is 0.571. The van der Waals surface area contributed by atoms with Crippen LogP contribution >= 0.6 is 0 Å². The van der Waals surface area contributed by atoms with Crippen LogP contribution in [0.1, 0.15) is 34.3 Å². The van der Waals surface area contributed by atoms with Crippen LogP contribution in [0.2, 0.25) is 0 Å². The minimum absolute atomic E-state index is 0.111. The van der Waals surface area contributed by atoms with Crippen molar-refractivity contribution in [3.05, 3.63) is 70.8 Å². The third-order valence-electron chi connectivity index (χ3n) is 6.45. The first-order chi connectivity index (χ1) is 11.4. The second kappa shape index (κ2) is 5.40. The molecule has 5 rings (SSSR count). The average Bonchev–Trinajstić information content (AvgIpc) is 2.57. The van der Waals surface area contributed by atoms with Gasteiger partial charge in [-0.25, -0.2) is 0 Å². The third-order valence-corrected chi connectivity index (χ3v) is 6.45. The maximum atomic E-state index is 16.0. The summed E-state index contributed by atoms with van der Waals surface area (Å²) in [6.07, 6.45) is 0. The molecule has 0 amide bonds. The Hall–Kier alpha value is -1.71. The van der Waals surface area contributed by atoms with Crippen molar-refractivity contribution in [3.8, 4) is 0 Å². The van der Waals surface area contributed by atoms with Crippen LogP contribution < -0.4 is 0 Å². The summed E-state index contributed by atoms with van der Waals surface area (Å²) in [5, 5.41) is 0. The summed E-state index contributed by atoms with van der Waals surface area (Å²) in [7, 11) is 2.32. The van der Waals surface area contributed by atoms with E-state index in [0.717, 1.165) is 17.6 Å². The number of halogens is 1. The van der Waals surface area contributed by atoms with Gasteiger partial charge in [-0.2, -0.15) is 0 Å². The molecule has 2 aromatic carbocycles. The van der Waals surface area contributed by atoms with Gasteiger partial charge in [-0.1, -0.05) is 48.5 Å². The number of fused-ring (bicyclic) bond motifs is 3. The predicted octanol–water partition coefficient (Wildman–Crippen LogP) is 4.26. The Bertz CT molecular complexity index is 696. The highest BCUT2D eigenvalue weighted by atomic mass is 19.2. The van der Waals surface area contributed by atoms with E-state index in [1.165, 1.54) is 22.3 Å². The Morgan fingerprint density at radius 3 is 1.71 bits per heavy atom. The summed E-state index contributed by atoms with van der Waals surface area (Å²) in [5.41, 5.74) is 4.97. The van der Waals surface area contributed by atoms with Gasteiger partial charge >= 0.3 is 0 Å². The molecule has 0 radical (unpaired) electrons. The van der Waals surface area contributed by atoms with Gasteiger partial charge in [-0.15, -0.1) is 4.71 Å². The zero-order valence-corrected chi connectivity index (χ0v) is 14.9. The van der Waals surface area contributed by atoms with Gasteiger partial charge in [0.2, 0.25) is 6.04 Å². The molecule has 2 aromatic rings. The highest BCUT2D eigenvalue weighted by Crippen LogP contribution is 2.53. The molecule has 3 heterocycles. The fourth-order valence-electron chi connectivity index (χ4n) is 4.93. The van der Waals surface area contributed by atoms with E-state index in [1.54, 1.807) is 0 Å². The van der Waals surface area contributed by atoms with Crippen LogP contribution in [0.4, 0.5) is 4.48 Å². The maximum absolute atomic E-state index is 16.0. The molecule has 3 fully saturated rings. The van der Waals surface area contributed by atoms with Gasteiger partial charge < -0.3 is 4.48 Å². The number of benzene rings is 2. The van der Waals surface area contributed by atoms with Crippen LogP contribution in [0.15, 0.2) is 48.5 Å². The highest BCUT2D eigenvalue weighted by Gasteiger charge is 2.63. The predicted molar refractivity (Wildman–Crippen MR) is 94.9 cm³/mol. The molecule has 0 spiro atoms. The second-order valence-electron chi connectivity index (χ2n) is 7.90. The van der Waals surface area contributed by atoms with Gasteiger partial charge in [0, 0.05) is 11.1 Å². The third kappa shape index (κ3) is 2.22. The molecule has 126 valence electrons. The van der Waals surface area contributed by atoms with Crippen molar-refractivity contribution in [3.63, 3.8) is 0 Å². The van der Waals surface area contributed by atoms with Gasteiger partial charge in [0.1, 0.15) is 13.1 Å². The zero-order chi connectivity index (χ0) is 16.9. The normalized spacial score (nSPS) is 35.2. The summed E-state index contributed by atoms with van der Waals surface area (Å²) in [6, 6.07) is 17.0. The van der Waals surface area contributed by atoms with E-state index in [0.29, 0.717) is 13.1 Å². The highest BCUT2D eigenvalue weighted by molar-refractivity contribution is 5.34. The maximum Gasteiger partial charge on any atom is 0.207 e. The fraction of sp³-hybridized carbons (Fsp3) is 0.429. The number of aryl methyl sites for hydroxylation is 2. The van der Waals surface area contributed by atoms with E-state index in [2.05, 4.69) is 69.4 Å². The topological polar surface area (TPSA) is 0 Å². The van der Waals surface area contributed by atoms with Crippen LogP contribution in [0, 0.1) is 13.8 Å². The Morgan fingerprint density at radius 1 is 0.750 bits per heavy atom. The number of rotatable bonds is 2. The first kappa shape index (κ1) is 15.8. The zero-order valence-electron chi connectivity index (χ0n) is 14.9. The van der Waals surface area contributed by atoms with Gasteiger partial charge in [0.15, 0.2) is 19.1 Å². The smallest absolute Gasteiger partial charge is 0.207 e. The summed E-state index contributed by atoms with van der Waals surface area (Å²) in [4.78, 5) is 0. The molecule has 0 saturated carbocycles. The molecular formula is C21H27FN2+2. The SMILES string of the molecule is Cc1ccccc1C1C(c2ccccc2C)[N+]2(F)CC[N+]1(C)CC2. The molecule has 0 N–H and O–H groups in total. The first-order valence-corrected chi connectivity index (χ1v) is 8.96. The summed E-state index contributed by atoms with van der Waals surface area (Å²) >= 11 is 0. The molecule has 3 aliphatic rings. The number of likely N-dealkylation sites (N-methyl/N-ethyl adjacent to an activating group) is 1. The molecule has 2 unspecified atom stereocenters. The minimum Gasteiger partial charge on any atom is -0.305 e. The lowest BCUT2D eigenvalue weighted by atomic mass is 9.81.